The zero-order valence-corrected chi connectivity index (χ0v) is 11.4. The molecule has 0 spiro atoms. The van der Waals surface area contributed by atoms with Crippen molar-refractivity contribution < 1.29 is 0 Å². The number of hydrogen-bond acceptors (Lipinski definition) is 5. The lowest BCUT2D eigenvalue weighted by atomic mass is 10.2. The van der Waals surface area contributed by atoms with E-state index in [0.717, 1.165) is 10.6 Å². The summed E-state index contributed by atoms with van der Waals surface area (Å²) in [5.41, 5.74) is 12.3. The zero-order valence-electron chi connectivity index (χ0n) is 9.80. The molecule has 2 rings (SSSR count). The van der Waals surface area contributed by atoms with Gasteiger partial charge in [-0.2, -0.15) is 0 Å². The van der Waals surface area contributed by atoms with Gasteiger partial charge < -0.3 is 11.5 Å². The molecule has 4 N–H and O–H groups in total. The van der Waals surface area contributed by atoms with E-state index >= 15 is 0 Å². The second-order valence-electron chi connectivity index (χ2n) is 3.78. The highest BCUT2D eigenvalue weighted by molar-refractivity contribution is 7.99. The Balaban J connectivity index is 2.21. The van der Waals surface area contributed by atoms with Gasteiger partial charge in [-0.05, 0) is 18.6 Å². The molecule has 2 aromatic rings. The van der Waals surface area contributed by atoms with Crippen LogP contribution in [0.3, 0.4) is 0 Å². The first-order chi connectivity index (χ1) is 8.56. The molecule has 1 atom stereocenters. The molecule has 1 aromatic heterocycles. The molecule has 94 valence electrons. The van der Waals surface area contributed by atoms with Crippen LogP contribution in [0.15, 0.2) is 35.5 Å². The monoisotopic (exact) mass is 280 g/mol. The van der Waals surface area contributed by atoms with Gasteiger partial charge in [0.15, 0.2) is 5.16 Å². The molecule has 0 aliphatic rings. The molecular formula is C12H13ClN4S. The van der Waals surface area contributed by atoms with Crippen molar-refractivity contribution in [1.82, 2.24) is 9.97 Å². The van der Waals surface area contributed by atoms with Crippen molar-refractivity contribution in [2.45, 2.75) is 17.3 Å². The summed E-state index contributed by atoms with van der Waals surface area (Å²) in [7, 11) is 0. The van der Waals surface area contributed by atoms with Crippen LogP contribution in [0, 0.1) is 0 Å². The smallest absolute Gasteiger partial charge is 0.192 e. The highest BCUT2D eigenvalue weighted by Crippen LogP contribution is 2.36. The molecule has 18 heavy (non-hydrogen) atoms. The topological polar surface area (TPSA) is 77.8 Å². The van der Waals surface area contributed by atoms with Gasteiger partial charge in [-0.1, -0.05) is 41.6 Å². The number of thioether (sulfide) groups is 1. The second kappa shape index (κ2) is 5.46. The summed E-state index contributed by atoms with van der Waals surface area (Å²) in [5, 5.41) is 1.41. The maximum absolute atomic E-state index is 6.14. The van der Waals surface area contributed by atoms with Crippen molar-refractivity contribution in [3.05, 3.63) is 40.9 Å². The molecule has 1 heterocycles. The highest BCUT2D eigenvalue weighted by Gasteiger charge is 2.13. The molecule has 0 saturated heterocycles. The molecule has 0 bridgehead atoms. The first-order valence-electron chi connectivity index (χ1n) is 5.37. The number of nitrogens with zero attached hydrogens (tertiary/aromatic N) is 2. The second-order valence-corrected chi connectivity index (χ2v) is 5.50. The van der Waals surface area contributed by atoms with Crippen LogP contribution in [0.25, 0.3) is 0 Å². The van der Waals surface area contributed by atoms with Gasteiger partial charge in [0.2, 0.25) is 0 Å². The molecule has 0 aliphatic carbocycles. The van der Waals surface area contributed by atoms with E-state index in [4.69, 9.17) is 23.1 Å². The fourth-order valence-corrected chi connectivity index (χ4v) is 2.87. The van der Waals surface area contributed by atoms with Crippen LogP contribution in [0.1, 0.15) is 17.7 Å². The first-order valence-corrected chi connectivity index (χ1v) is 6.63. The van der Waals surface area contributed by atoms with Crippen molar-refractivity contribution in [2.24, 2.45) is 0 Å². The summed E-state index contributed by atoms with van der Waals surface area (Å²) in [6.07, 6.45) is 0. The molecule has 0 fully saturated rings. The SMILES string of the molecule is CC(Sc1nc(N)cc(N)n1)c1ccccc1Cl. The van der Waals surface area contributed by atoms with E-state index in [1.54, 1.807) is 0 Å². The van der Waals surface area contributed by atoms with Gasteiger partial charge in [0.05, 0.1) is 0 Å². The maximum atomic E-state index is 6.14. The minimum absolute atomic E-state index is 0.125. The van der Waals surface area contributed by atoms with Crippen LogP contribution < -0.4 is 11.5 Å². The fraction of sp³-hybridized carbons (Fsp3) is 0.167. The number of nitrogens with two attached hydrogens (primary N) is 2. The number of nitrogen functional groups attached to an aromatic ring is 2. The molecule has 6 heteroatoms. The Morgan fingerprint density at radius 2 is 1.78 bits per heavy atom. The quantitative estimate of drug-likeness (QED) is 0.667. The fourth-order valence-electron chi connectivity index (χ4n) is 1.54. The minimum atomic E-state index is 0.125. The predicted molar refractivity (Wildman–Crippen MR) is 76.6 cm³/mol. The molecule has 0 aliphatic heterocycles. The Kier molecular flexibility index (Phi) is 3.93. The number of rotatable bonds is 3. The van der Waals surface area contributed by atoms with Gasteiger partial charge in [-0.3, -0.25) is 0 Å². The molecule has 0 amide bonds. The van der Waals surface area contributed by atoms with Crippen LogP contribution >= 0.6 is 23.4 Å². The lowest BCUT2D eigenvalue weighted by Crippen LogP contribution is -2.00. The van der Waals surface area contributed by atoms with Gasteiger partial charge in [-0.25, -0.2) is 9.97 Å². The van der Waals surface area contributed by atoms with E-state index in [9.17, 15) is 0 Å². The van der Waals surface area contributed by atoms with E-state index in [1.165, 1.54) is 17.8 Å². The average Bonchev–Trinajstić information content (AvgIpc) is 2.27. The van der Waals surface area contributed by atoms with Crippen molar-refractivity contribution in [3.63, 3.8) is 0 Å². The van der Waals surface area contributed by atoms with E-state index < -0.39 is 0 Å². The third-order valence-corrected chi connectivity index (χ3v) is 3.72. The molecule has 1 aromatic carbocycles. The number of hydrogen-bond donors (Lipinski definition) is 2. The van der Waals surface area contributed by atoms with Crippen LogP contribution in [0.2, 0.25) is 5.02 Å². The Morgan fingerprint density at radius 1 is 1.17 bits per heavy atom. The molecule has 0 radical (unpaired) electrons. The van der Waals surface area contributed by atoms with Crippen LogP contribution in [-0.2, 0) is 0 Å². The summed E-state index contributed by atoms with van der Waals surface area (Å²) in [4.78, 5) is 8.27. The highest BCUT2D eigenvalue weighted by atomic mass is 35.5. The zero-order chi connectivity index (χ0) is 13.1. The summed E-state index contributed by atoms with van der Waals surface area (Å²) >= 11 is 7.62. The van der Waals surface area contributed by atoms with Crippen LogP contribution in [-0.4, -0.2) is 9.97 Å². The summed E-state index contributed by atoms with van der Waals surface area (Å²) in [6, 6.07) is 9.23. The van der Waals surface area contributed by atoms with E-state index in [0.29, 0.717) is 16.8 Å². The number of halogens is 1. The van der Waals surface area contributed by atoms with Crippen molar-refractivity contribution in [2.75, 3.05) is 11.5 Å². The first kappa shape index (κ1) is 13.0. The summed E-state index contributed by atoms with van der Waals surface area (Å²) in [5.74, 6) is 0.743. The van der Waals surface area contributed by atoms with Gasteiger partial charge >= 0.3 is 0 Å². The summed E-state index contributed by atoms with van der Waals surface area (Å²) in [6.45, 7) is 2.04. The standard InChI is InChI=1S/C12H13ClN4S/c1-7(8-4-2-3-5-9(8)13)18-12-16-10(14)6-11(15)17-12/h2-7H,1H3,(H4,14,15,16,17). The maximum Gasteiger partial charge on any atom is 0.192 e. The Morgan fingerprint density at radius 3 is 2.39 bits per heavy atom. The predicted octanol–water partition coefficient (Wildman–Crippen LogP) is 3.15. The summed E-state index contributed by atoms with van der Waals surface area (Å²) < 4.78 is 0. The molecule has 0 saturated carbocycles. The van der Waals surface area contributed by atoms with E-state index in [2.05, 4.69) is 9.97 Å². The number of aromatic nitrogens is 2. The lowest BCUT2D eigenvalue weighted by molar-refractivity contribution is 0.967. The Hall–Kier alpha value is -1.46. The molecular weight excluding hydrogens is 268 g/mol. The van der Waals surface area contributed by atoms with Crippen molar-refractivity contribution in [1.29, 1.82) is 0 Å². The minimum Gasteiger partial charge on any atom is -0.383 e. The number of benzene rings is 1. The van der Waals surface area contributed by atoms with Gasteiger partial charge in [0.25, 0.3) is 0 Å². The largest absolute Gasteiger partial charge is 0.383 e. The van der Waals surface area contributed by atoms with Crippen molar-refractivity contribution in [3.8, 4) is 0 Å². The molecule has 4 nitrogen and oxygen atoms in total. The van der Waals surface area contributed by atoms with E-state index in [1.807, 2.05) is 31.2 Å². The van der Waals surface area contributed by atoms with E-state index in [-0.39, 0.29) is 5.25 Å². The third kappa shape index (κ3) is 3.05. The van der Waals surface area contributed by atoms with Gasteiger partial charge in [0.1, 0.15) is 11.6 Å². The van der Waals surface area contributed by atoms with Gasteiger partial charge in [0, 0.05) is 16.3 Å². The van der Waals surface area contributed by atoms with Crippen LogP contribution in [0.5, 0.6) is 0 Å². The number of anilines is 2. The van der Waals surface area contributed by atoms with Crippen LogP contribution in [0.4, 0.5) is 11.6 Å². The van der Waals surface area contributed by atoms with Gasteiger partial charge in [-0.15, -0.1) is 0 Å². The lowest BCUT2D eigenvalue weighted by Gasteiger charge is -2.12. The average molecular weight is 281 g/mol. The molecule has 1 unspecified atom stereocenters. The third-order valence-electron chi connectivity index (χ3n) is 2.37. The normalized spacial score (nSPS) is 12.3. The Labute approximate surface area is 115 Å². The Bertz CT molecular complexity index is 541. The van der Waals surface area contributed by atoms with Crippen molar-refractivity contribution >= 4 is 35.0 Å².